The van der Waals surface area contributed by atoms with Gasteiger partial charge >= 0.3 is 0 Å². The number of rotatable bonds is 6. The molecule has 0 heterocycles. The highest BCUT2D eigenvalue weighted by Crippen LogP contribution is 2.30. The van der Waals surface area contributed by atoms with Crippen molar-refractivity contribution in [3.63, 3.8) is 0 Å². The lowest BCUT2D eigenvalue weighted by Gasteiger charge is -2.15. The minimum atomic E-state index is -1.34. The Morgan fingerprint density at radius 1 is 1.17 bits per heavy atom. The van der Waals surface area contributed by atoms with E-state index in [1.807, 2.05) is 42.5 Å². The summed E-state index contributed by atoms with van der Waals surface area (Å²) in [6.45, 7) is 1.05. The fourth-order valence-electron chi connectivity index (χ4n) is 1.91. The van der Waals surface area contributed by atoms with E-state index >= 15 is 0 Å². The zero-order valence-electron chi connectivity index (χ0n) is 12.4. The molecule has 0 bridgehead atoms. The summed E-state index contributed by atoms with van der Waals surface area (Å²) in [7, 11) is 0. The van der Waals surface area contributed by atoms with E-state index in [1.54, 1.807) is 6.07 Å². The van der Waals surface area contributed by atoms with Crippen molar-refractivity contribution >= 4 is 27.8 Å². The molecule has 0 radical (unpaired) electrons. The molecule has 0 saturated heterocycles. The van der Waals surface area contributed by atoms with Crippen LogP contribution in [0, 0.1) is 0 Å². The summed E-state index contributed by atoms with van der Waals surface area (Å²) in [6, 6.07) is 14.3. The second-order valence-electron chi connectivity index (χ2n) is 4.91. The van der Waals surface area contributed by atoms with E-state index in [9.17, 15) is 14.7 Å². The van der Waals surface area contributed by atoms with Crippen molar-refractivity contribution in [2.45, 2.75) is 13.0 Å². The zero-order chi connectivity index (χ0) is 16.8. The average Bonchev–Trinajstić information content (AvgIpc) is 2.54. The zero-order valence-corrected chi connectivity index (χ0v) is 14.0. The van der Waals surface area contributed by atoms with Crippen LogP contribution in [0.4, 0.5) is 0 Å². The molecule has 0 aromatic heterocycles. The monoisotopic (exact) mass is 376 g/mol. The smallest absolute Gasteiger partial charge is 0.258 e. The number of nitrogens with one attached hydrogen (secondary N) is 1. The lowest BCUT2D eigenvalue weighted by atomic mass is 10.1. The molecule has 0 fully saturated rings. The number of carbonyl (C=O) groups excluding carboxylic acids is 2. The van der Waals surface area contributed by atoms with Gasteiger partial charge in [-0.25, -0.2) is 0 Å². The van der Waals surface area contributed by atoms with Gasteiger partial charge in [0.05, 0.1) is 16.5 Å². The normalized spacial score (nSPS) is 11.6. The first-order chi connectivity index (χ1) is 11.0. The third-order valence-electron chi connectivity index (χ3n) is 3.13. The van der Waals surface area contributed by atoms with Gasteiger partial charge in [0.2, 0.25) is 0 Å². The average molecular weight is 377 g/mol. The van der Waals surface area contributed by atoms with Crippen molar-refractivity contribution in [1.82, 2.24) is 5.32 Å². The molecule has 2 aromatic rings. The molecule has 0 aliphatic carbocycles. The van der Waals surface area contributed by atoms with Crippen LogP contribution in [0.5, 0.6) is 5.75 Å². The Balaban J connectivity index is 1.99. The van der Waals surface area contributed by atoms with E-state index in [2.05, 4.69) is 21.2 Å². The predicted octanol–water partition coefficient (Wildman–Crippen LogP) is 1.75. The highest BCUT2D eigenvalue weighted by atomic mass is 79.9. The van der Waals surface area contributed by atoms with Crippen molar-refractivity contribution in [1.29, 1.82) is 0 Å². The van der Waals surface area contributed by atoms with E-state index in [-0.39, 0.29) is 6.61 Å². The molecule has 0 spiro atoms. The van der Waals surface area contributed by atoms with E-state index in [4.69, 9.17) is 4.74 Å². The molecular weight excluding hydrogens is 362 g/mol. The van der Waals surface area contributed by atoms with Gasteiger partial charge in [-0.2, -0.15) is 0 Å². The second-order valence-corrected chi connectivity index (χ2v) is 5.76. The summed E-state index contributed by atoms with van der Waals surface area (Å²) in [4.78, 5) is 22.1. The molecule has 0 aliphatic rings. The van der Waals surface area contributed by atoms with Crippen LogP contribution in [0.3, 0.4) is 0 Å². The van der Waals surface area contributed by atoms with Gasteiger partial charge in [-0.3, -0.25) is 4.79 Å². The lowest BCUT2D eigenvalue weighted by Crippen LogP contribution is -2.47. The largest absolute Gasteiger partial charge is 0.548 e. The quantitative estimate of drug-likeness (QED) is 0.832. The Labute approximate surface area is 142 Å². The summed E-state index contributed by atoms with van der Waals surface area (Å²) < 4.78 is 6.11. The fraction of sp³-hybridized carbons (Fsp3) is 0.176. The number of halogens is 1. The Kier molecular flexibility index (Phi) is 5.76. The number of carboxylic acids is 1. The lowest BCUT2D eigenvalue weighted by molar-refractivity contribution is -0.307. The third kappa shape index (κ3) is 4.82. The highest BCUT2D eigenvalue weighted by molar-refractivity contribution is 9.10. The van der Waals surface area contributed by atoms with E-state index in [0.717, 1.165) is 11.1 Å². The van der Waals surface area contributed by atoms with Crippen molar-refractivity contribution in [3.8, 4) is 16.9 Å². The molecule has 1 unspecified atom stereocenters. The van der Waals surface area contributed by atoms with Gasteiger partial charge in [-0.05, 0) is 46.1 Å². The van der Waals surface area contributed by atoms with Crippen LogP contribution in [0.25, 0.3) is 11.1 Å². The maximum Gasteiger partial charge on any atom is 0.258 e. The standard InChI is InChI=1S/C17H16BrNO4/c1-11(17(21)22)19-16(20)10-23-15-8-7-13(9-14(15)18)12-5-3-2-4-6-12/h2-9,11H,10H2,1H3,(H,19,20)(H,21,22)/p-1. The SMILES string of the molecule is CC(NC(=O)COc1ccc(-c2ccccc2)cc1Br)C(=O)[O-]. The number of carbonyl (C=O) groups is 2. The molecule has 120 valence electrons. The first-order valence-electron chi connectivity index (χ1n) is 6.95. The van der Waals surface area contributed by atoms with Gasteiger partial charge < -0.3 is 20.0 Å². The molecule has 2 aromatic carbocycles. The van der Waals surface area contributed by atoms with Crippen molar-refractivity contribution in [2.75, 3.05) is 6.61 Å². The van der Waals surface area contributed by atoms with Gasteiger partial charge in [0.25, 0.3) is 5.91 Å². The highest BCUT2D eigenvalue weighted by Gasteiger charge is 2.10. The maximum atomic E-state index is 11.6. The van der Waals surface area contributed by atoms with E-state index < -0.39 is 17.9 Å². The van der Waals surface area contributed by atoms with Crippen LogP contribution in [-0.2, 0) is 9.59 Å². The van der Waals surface area contributed by atoms with Gasteiger partial charge in [-0.1, -0.05) is 36.4 Å². The maximum absolute atomic E-state index is 11.6. The van der Waals surface area contributed by atoms with E-state index in [1.165, 1.54) is 6.92 Å². The predicted molar refractivity (Wildman–Crippen MR) is 87.7 cm³/mol. The molecule has 0 saturated carbocycles. The summed E-state index contributed by atoms with van der Waals surface area (Å²) in [5.41, 5.74) is 2.08. The molecule has 6 heteroatoms. The molecule has 2 rings (SSSR count). The Morgan fingerprint density at radius 3 is 2.48 bits per heavy atom. The van der Waals surface area contributed by atoms with Crippen LogP contribution < -0.4 is 15.2 Å². The van der Waals surface area contributed by atoms with E-state index in [0.29, 0.717) is 10.2 Å². The minimum absolute atomic E-state index is 0.277. The second kappa shape index (κ2) is 7.78. The van der Waals surface area contributed by atoms with Crippen molar-refractivity contribution in [2.24, 2.45) is 0 Å². The number of amides is 1. The first kappa shape index (κ1) is 17.0. The summed E-state index contributed by atoms with van der Waals surface area (Å²) in [5, 5.41) is 12.8. The Morgan fingerprint density at radius 2 is 1.87 bits per heavy atom. The molecular formula is C17H15BrNO4-. The van der Waals surface area contributed by atoms with Crippen LogP contribution in [-0.4, -0.2) is 24.5 Å². The number of carboxylic acid groups (broad SMARTS) is 1. The van der Waals surface area contributed by atoms with Gasteiger partial charge in [0, 0.05) is 0 Å². The molecule has 1 N–H and O–H groups in total. The van der Waals surface area contributed by atoms with Gasteiger partial charge in [-0.15, -0.1) is 0 Å². The summed E-state index contributed by atoms with van der Waals surface area (Å²) in [5.74, 6) is -1.37. The number of aliphatic carboxylic acids is 1. The minimum Gasteiger partial charge on any atom is -0.548 e. The number of hydrogen-bond donors (Lipinski definition) is 1. The van der Waals surface area contributed by atoms with Gasteiger partial charge in [0.1, 0.15) is 5.75 Å². The Hall–Kier alpha value is -2.34. The summed E-state index contributed by atoms with van der Waals surface area (Å²) in [6.07, 6.45) is 0. The molecule has 1 amide bonds. The number of benzene rings is 2. The molecule has 1 atom stereocenters. The topological polar surface area (TPSA) is 78.5 Å². The number of ether oxygens (including phenoxy) is 1. The molecule has 0 aliphatic heterocycles. The molecule has 23 heavy (non-hydrogen) atoms. The van der Waals surface area contributed by atoms with Crippen LogP contribution in [0.1, 0.15) is 6.92 Å². The van der Waals surface area contributed by atoms with Crippen molar-refractivity contribution < 1.29 is 19.4 Å². The summed E-state index contributed by atoms with van der Waals surface area (Å²) >= 11 is 3.41. The van der Waals surface area contributed by atoms with Crippen LogP contribution in [0.2, 0.25) is 0 Å². The molecule has 5 nitrogen and oxygen atoms in total. The van der Waals surface area contributed by atoms with Crippen LogP contribution in [0.15, 0.2) is 53.0 Å². The fourth-order valence-corrected chi connectivity index (χ4v) is 2.41. The number of hydrogen-bond acceptors (Lipinski definition) is 4. The third-order valence-corrected chi connectivity index (χ3v) is 3.75. The van der Waals surface area contributed by atoms with Crippen molar-refractivity contribution in [3.05, 3.63) is 53.0 Å². The van der Waals surface area contributed by atoms with Crippen LogP contribution >= 0.6 is 15.9 Å². The Bertz CT molecular complexity index is 703. The first-order valence-corrected chi connectivity index (χ1v) is 7.74. The van der Waals surface area contributed by atoms with Gasteiger partial charge in [0.15, 0.2) is 6.61 Å².